The van der Waals surface area contributed by atoms with Crippen LogP contribution in [0.1, 0.15) is 0 Å². The zero-order chi connectivity index (χ0) is 3.41. The molecule has 0 aromatic rings. The van der Waals surface area contributed by atoms with Crippen molar-refractivity contribution in [1.29, 1.82) is 0 Å². The van der Waals surface area contributed by atoms with Gasteiger partial charge in [0, 0.05) is 0 Å². The Labute approximate surface area is 32.0 Å². The molecule has 0 aliphatic heterocycles. The van der Waals surface area contributed by atoms with E-state index in [0.717, 1.165) is 0 Å². The van der Waals surface area contributed by atoms with Gasteiger partial charge in [-0.15, -0.1) is 0 Å². The van der Waals surface area contributed by atoms with Crippen LogP contribution in [0, 0.1) is 0 Å². The second-order valence-electron chi connectivity index (χ2n) is 0.136. The first-order valence-electron chi connectivity index (χ1n) is 0.500. The Morgan fingerprint density at radius 2 is 1.25 bits per heavy atom. The minimum Gasteiger partial charge on any atom is -0.791 e. The van der Waals surface area contributed by atoms with Gasteiger partial charge < -0.3 is 9.11 Å². The minimum atomic E-state index is -0.0324. The topological polar surface area (TPSA) is 46.1 Å². The predicted octanol–water partition coefficient (Wildman–Crippen LogP) is 0.629. The van der Waals surface area contributed by atoms with Crippen molar-refractivity contribution in [3.05, 3.63) is 0 Å². The molecule has 0 fully saturated rings. The first kappa shape index (κ1) is 4.62. The summed E-state index contributed by atoms with van der Waals surface area (Å²) in [6, 6.07) is 0. The highest BCUT2D eigenvalue weighted by Crippen LogP contribution is 2.07. The lowest BCUT2D eigenvalue weighted by molar-refractivity contribution is 0.610. The van der Waals surface area contributed by atoms with Gasteiger partial charge in [0.2, 0.25) is 0 Å². The summed E-state index contributed by atoms with van der Waals surface area (Å²) in [4.78, 5) is 0. The average Bonchev–Trinajstić information content (AvgIpc) is 1.37. The fourth-order valence-electron chi connectivity index (χ4n) is 0. The largest absolute Gasteiger partial charge is 0.791 e. The summed E-state index contributed by atoms with van der Waals surface area (Å²) in [7, 11) is 0. The molecule has 0 aromatic carbocycles. The van der Waals surface area contributed by atoms with Crippen molar-refractivity contribution in [2.45, 2.75) is 0 Å². The van der Waals surface area contributed by atoms with Crippen molar-refractivity contribution in [3.63, 3.8) is 0 Å². The van der Waals surface area contributed by atoms with Crippen molar-refractivity contribution < 1.29 is 9.11 Å². The smallest absolute Gasteiger partial charge is 0.209 e. The zero-order valence-corrected chi connectivity index (χ0v) is 3.27. The first-order valence-corrected chi connectivity index (χ1v) is 2.50. The third-order valence-electron chi connectivity index (χ3n) is 0.0278. The van der Waals surface area contributed by atoms with Crippen LogP contribution in [-0.2, 0) is 0 Å². The summed E-state index contributed by atoms with van der Waals surface area (Å²) >= 11 is -0.0648. The van der Waals surface area contributed by atoms with Gasteiger partial charge in [-0.05, 0) is 0 Å². The zero-order valence-electron chi connectivity index (χ0n) is 1.63. The molecule has 0 saturated heterocycles. The van der Waals surface area contributed by atoms with Gasteiger partial charge >= 0.3 is 0 Å². The van der Waals surface area contributed by atoms with Crippen LogP contribution in [0.5, 0.6) is 0 Å². The van der Waals surface area contributed by atoms with Gasteiger partial charge in [0.05, 0.1) is 0 Å². The van der Waals surface area contributed by atoms with Crippen LogP contribution in [-0.4, -0.2) is 9.11 Å². The molecule has 2 nitrogen and oxygen atoms in total. The monoisotopic (exact) mass is 95.9 g/mol. The maximum absolute atomic E-state index is 8.87. The normalized spacial score (nSPS) is 7.50. The fraction of sp³-hybridized carbons (Fsp3) is 0. The lowest BCUT2D eigenvalue weighted by atomic mass is 15.9. The predicted molar refractivity (Wildman–Crippen MR) is 16.7 cm³/mol. The molecule has 0 N–H and O–H groups in total. The molecule has 0 heterocycles. The van der Waals surface area contributed by atoms with Crippen molar-refractivity contribution >= 4 is 22.1 Å². The van der Waals surface area contributed by atoms with Gasteiger partial charge in [-0.3, -0.25) is 0 Å². The summed E-state index contributed by atoms with van der Waals surface area (Å²) in [5.41, 5.74) is 0. The second-order valence-corrected chi connectivity index (χ2v) is 1.22. The molecular weight excluding hydrogens is 96.1 g/mol. The van der Waals surface area contributed by atoms with Gasteiger partial charge in [0.1, 0.15) is 0 Å². The Balaban J connectivity index is 1.97. The highest BCUT2D eigenvalue weighted by molar-refractivity contribution is 8.72. The van der Waals surface area contributed by atoms with E-state index in [4.69, 9.17) is 9.11 Å². The molecule has 4 heavy (non-hydrogen) atoms. The summed E-state index contributed by atoms with van der Waals surface area (Å²) < 4.78 is 17.7. The maximum atomic E-state index is 8.87. The van der Waals surface area contributed by atoms with Gasteiger partial charge in [-0.1, -0.05) is 0 Å². The summed E-state index contributed by atoms with van der Waals surface area (Å²) in [5, 5.41) is 0. The van der Waals surface area contributed by atoms with Crippen LogP contribution in [0.2, 0.25) is 0 Å². The van der Waals surface area contributed by atoms with Gasteiger partial charge in [0.15, 0.2) is 0 Å². The Hall–Kier alpha value is 0.620. The Bertz CT molecular complexity index is 6.00. The SMILES string of the molecule is [O-]SS[O-]. The van der Waals surface area contributed by atoms with Gasteiger partial charge in [0.25, 0.3) is 0 Å². The lowest BCUT2D eigenvalue weighted by Gasteiger charge is -2.02. The molecule has 0 aliphatic carbocycles. The molecule has 0 bridgehead atoms. The van der Waals surface area contributed by atoms with E-state index >= 15 is 0 Å². The van der Waals surface area contributed by atoms with E-state index in [9.17, 15) is 0 Å². The van der Waals surface area contributed by atoms with Crippen LogP contribution >= 0.6 is 22.1 Å². The molecule has 0 amide bonds. The van der Waals surface area contributed by atoms with E-state index in [1.807, 2.05) is 0 Å². The molecule has 0 atom stereocenters. The average molecular weight is 96.1 g/mol. The lowest BCUT2D eigenvalue weighted by Crippen LogP contribution is -1.34. The van der Waals surface area contributed by atoms with Crippen molar-refractivity contribution in [3.8, 4) is 0 Å². The fourth-order valence-corrected chi connectivity index (χ4v) is 0. The van der Waals surface area contributed by atoms with Crippen molar-refractivity contribution in [1.82, 2.24) is 0 Å². The summed E-state index contributed by atoms with van der Waals surface area (Å²) in [5.74, 6) is 0. The van der Waals surface area contributed by atoms with Crippen LogP contribution in [0.4, 0.5) is 0 Å². The molecule has 4 heteroatoms. The first-order chi connectivity index (χ1) is 1.91. The van der Waals surface area contributed by atoms with Gasteiger partial charge in [-0.2, -0.15) is 0 Å². The number of hydrogen-bond acceptors (Lipinski definition) is 4. The molecule has 0 unspecified atom stereocenters. The Morgan fingerprint density at radius 3 is 1.25 bits per heavy atom. The molecule has 0 saturated carbocycles. The van der Waals surface area contributed by atoms with E-state index < -0.39 is 0 Å². The number of rotatable bonds is 1. The second kappa shape index (κ2) is 3.62. The van der Waals surface area contributed by atoms with Crippen LogP contribution in [0.3, 0.4) is 0 Å². The maximum Gasteiger partial charge on any atom is -0.209 e. The molecule has 0 aromatic heterocycles. The van der Waals surface area contributed by atoms with E-state index in [1.165, 1.54) is 0 Å². The Morgan fingerprint density at radius 1 is 1.00 bits per heavy atom. The highest BCUT2D eigenvalue weighted by atomic mass is 33.1. The van der Waals surface area contributed by atoms with Crippen LogP contribution in [0.15, 0.2) is 0 Å². The van der Waals surface area contributed by atoms with Crippen LogP contribution in [0.25, 0.3) is 0 Å². The summed E-state index contributed by atoms with van der Waals surface area (Å²) in [6.45, 7) is 0. The molecular formula is O2S2-2. The van der Waals surface area contributed by atoms with E-state index in [-0.39, 0.29) is 22.1 Å². The van der Waals surface area contributed by atoms with Gasteiger partial charge in [-0.25, -0.2) is 22.1 Å². The van der Waals surface area contributed by atoms with E-state index in [2.05, 4.69) is 0 Å². The third-order valence-corrected chi connectivity index (χ3v) is 0.250. The van der Waals surface area contributed by atoms with Crippen molar-refractivity contribution in [2.75, 3.05) is 0 Å². The standard InChI is InChI=1S/H2O2S2/c1-3-4-2/h1-2H/p-2. The molecule has 0 radical (unpaired) electrons. The third kappa shape index (κ3) is 2.62. The van der Waals surface area contributed by atoms with Crippen LogP contribution < -0.4 is 0 Å². The Kier molecular flexibility index (Phi) is 4.18. The summed E-state index contributed by atoms with van der Waals surface area (Å²) in [6.07, 6.45) is 0. The minimum absolute atomic E-state index is 0.0324. The van der Waals surface area contributed by atoms with E-state index in [0.29, 0.717) is 0 Å². The van der Waals surface area contributed by atoms with E-state index in [1.54, 1.807) is 0 Å². The molecule has 26 valence electrons. The quantitative estimate of drug-likeness (QED) is 0.355. The molecule has 0 spiro atoms. The highest BCUT2D eigenvalue weighted by Gasteiger charge is 1.28. The van der Waals surface area contributed by atoms with Crippen molar-refractivity contribution in [2.24, 2.45) is 0 Å². The molecule has 0 rings (SSSR count). The number of hydrogen-bond donors (Lipinski definition) is 0. The molecule has 0 aliphatic rings.